The van der Waals surface area contributed by atoms with Crippen LogP contribution in [0.2, 0.25) is 0 Å². The fourth-order valence-electron chi connectivity index (χ4n) is 5.35. The fourth-order valence-corrected chi connectivity index (χ4v) is 5.35. The highest BCUT2D eigenvalue weighted by Crippen LogP contribution is 2.49. The number of hydrogen-bond acceptors (Lipinski definition) is 5. The number of carbonyl (C=O) groups is 2. The van der Waals surface area contributed by atoms with Gasteiger partial charge in [-0.3, -0.25) is 19.1 Å². The molecule has 2 aromatic rings. The van der Waals surface area contributed by atoms with Crippen LogP contribution in [0.15, 0.2) is 29.1 Å². The molecule has 0 unspecified atom stereocenters. The normalized spacial score (nSPS) is 21.5. The Bertz CT molecular complexity index is 1180. The Hall–Kier alpha value is -3.43. The lowest BCUT2D eigenvalue weighted by Gasteiger charge is -2.50. The standard InChI is InChI=1S/C24H29FN4O5/c1-23(2,3)29(22(33)34)24-10-8-15(9-11-24)13-28-20(32)18(30)17(27-21(24)28)19(31)26-12-14-4-6-16(25)7-5-14/h4-7,15,30H,8-13H2,1-3H3,(H,26,31)(H,33,34). The minimum absolute atomic E-state index is 0.0368. The third-order valence-corrected chi connectivity index (χ3v) is 6.81. The van der Waals surface area contributed by atoms with Gasteiger partial charge in [-0.15, -0.1) is 0 Å². The molecule has 0 spiro atoms. The van der Waals surface area contributed by atoms with Gasteiger partial charge in [0.25, 0.3) is 11.5 Å². The minimum atomic E-state index is -1.14. The van der Waals surface area contributed by atoms with Crippen LogP contribution in [-0.2, 0) is 18.6 Å². The van der Waals surface area contributed by atoms with Gasteiger partial charge in [0.05, 0.1) is 0 Å². The van der Waals surface area contributed by atoms with Gasteiger partial charge in [0, 0.05) is 18.6 Å². The number of hydrogen-bond donors (Lipinski definition) is 3. The molecule has 9 nitrogen and oxygen atoms in total. The van der Waals surface area contributed by atoms with Crippen LogP contribution in [0, 0.1) is 11.7 Å². The van der Waals surface area contributed by atoms with Gasteiger partial charge in [0.2, 0.25) is 5.75 Å². The smallest absolute Gasteiger partial charge is 0.408 e. The average molecular weight is 473 g/mol. The summed E-state index contributed by atoms with van der Waals surface area (Å²) < 4.78 is 14.5. The average Bonchev–Trinajstić information content (AvgIpc) is 3.01. The zero-order valence-corrected chi connectivity index (χ0v) is 19.5. The molecule has 1 fully saturated rings. The van der Waals surface area contributed by atoms with Crippen LogP contribution in [-0.4, -0.2) is 42.2 Å². The van der Waals surface area contributed by atoms with E-state index in [0.717, 1.165) is 0 Å². The summed E-state index contributed by atoms with van der Waals surface area (Å²) in [5.74, 6) is -1.60. The van der Waals surface area contributed by atoms with E-state index in [0.29, 0.717) is 37.8 Å². The zero-order valence-electron chi connectivity index (χ0n) is 19.5. The van der Waals surface area contributed by atoms with Crippen LogP contribution >= 0.6 is 0 Å². The van der Waals surface area contributed by atoms with Crippen molar-refractivity contribution in [1.82, 2.24) is 19.8 Å². The van der Waals surface area contributed by atoms with Crippen molar-refractivity contribution in [3.05, 3.63) is 57.5 Å². The molecule has 0 atom stereocenters. The Balaban J connectivity index is 1.80. The molecule has 34 heavy (non-hydrogen) atoms. The van der Waals surface area contributed by atoms with Crippen molar-refractivity contribution in [3.63, 3.8) is 0 Å². The Kier molecular flexibility index (Phi) is 5.87. The maximum Gasteiger partial charge on any atom is 0.408 e. The van der Waals surface area contributed by atoms with Crippen molar-refractivity contribution in [2.45, 2.75) is 70.6 Å². The SMILES string of the molecule is CC(C)(C)N(C(=O)O)C12CCC(CC1)Cn1c2nc(C(=O)NCc2ccc(F)cc2)c(O)c1=O. The van der Waals surface area contributed by atoms with E-state index in [1.165, 1.54) is 33.7 Å². The van der Waals surface area contributed by atoms with Crippen molar-refractivity contribution in [2.75, 3.05) is 0 Å². The lowest BCUT2D eigenvalue weighted by molar-refractivity contribution is -0.0162. The molecule has 10 heteroatoms. The van der Waals surface area contributed by atoms with E-state index in [4.69, 9.17) is 0 Å². The number of rotatable bonds is 4. The van der Waals surface area contributed by atoms with Gasteiger partial charge in [-0.05, 0) is 70.1 Å². The number of benzene rings is 1. The summed E-state index contributed by atoms with van der Waals surface area (Å²) in [7, 11) is 0. The second-order valence-electron chi connectivity index (χ2n) is 10.1. The van der Waals surface area contributed by atoms with E-state index in [1.807, 2.05) is 0 Å². The second-order valence-corrected chi connectivity index (χ2v) is 10.1. The number of carboxylic acid groups (broad SMARTS) is 1. The van der Waals surface area contributed by atoms with Crippen molar-refractivity contribution < 1.29 is 24.2 Å². The number of amides is 2. The van der Waals surface area contributed by atoms with Crippen LogP contribution < -0.4 is 10.9 Å². The van der Waals surface area contributed by atoms with Gasteiger partial charge in [0.1, 0.15) is 17.2 Å². The highest BCUT2D eigenvalue weighted by Gasteiger charge is 2.53. The van der Waals surface area contributed by atoms with Crippen LogP contribution in [0.1, 0.15) is 68.3 Å². The molecule has 1 aliphatic carbocycles. The summed E-state index contributed by atoms with van der Waals surface area (Å²) in [5, 5.41) is 23.4. The minimum Gasteiger partial charge on any atom is -0.501 e. The summed E-state index contributed by atoms with van der Waals surface area (Å²) in [5.41, 5.74) is -2.47. The topological polar surface area (TPSA) is 125 Å². The van der Waals surface area contributed by atoms with E-state index in [9.17, 15) is 29.0 Å². The van der Waals surface area contributed by atoms with Crippen LogP contribution in [0.3, 0.4) is 0 Å². The van der Waals surface area contributed by atoms with Gasteiger partial charge in [-0.25, -0.2) is 14.2 Å². The highest BCUT2D eigenvalue weighted by molar-refractivity contribution is 5.94. The van der Waals surface area contributed by atoms with Crippen LogP contribution in [0.5, 0.6) is 5.75 Å². The number of halogens is 1. The first kappa shape index (κ1) is 23.7. The van der Waals surface area contributed by atoms with Crippen molar-refractivity contribution in [2.24, 2.45) is 5.92 Å². The molecular formula is C24H29FN4O5. The first-order valence-electron chi connectivity index (χ1n) is 11.3. The summed E-state index contributed by atoms with van der Waals surface area (Å²) in [4.78, 5) is 44.4. The van der Waals surface area contributed by atoms with E-state index < -0.39 is 45.9 Å². The summed E-state index contributed by atoms with van der Waals surface area (Å²) >= 11 is 0. The molecule has 1 aromatic heterocycles. The number of fused-ring (bicyclic) bond motifs is 2. The Morgan fingerprint density at radius 2 is 1.85 bits per heavy atom. The Morgan fingerprint density at radius 3 is 2.41 bits per heavy atom. The molecule has 1 saturated carbocycles. The molecular weight excluding hydrogens is 443 g/mol. The predicted molar refractivity (Wildman–Crippen MR) is 121 cm³/mol. The van der Waals surface area contributed by atoms with Gasteiger partial charge < -0.3 is 15.5 Å². The van der Waals surface area contributed by atoms with Gasteiger partial charge in [-0.1, -0.05) is 12.1 Å². The van der Waals surface area contributed by atoms with E-state index in [2.05, 4.69) is 10.3 Å². The molecule has 2 bridgehead atoms. The van der Waals surface area contributed by atoms with E-state index in [1.54, 1.807) is 20.8 Å². The zero-order chi connectivity index (χ0) is 24.8. The second kappa shape index (κ2) is 8.41. The third kappa shape index (κ3) is 4.01. The third-order valence-electron chi connectivity index (χ3n) is 6.81. The number of carbonyl (C=O) groups excluding carboxylic acids is 1. The highest BCUT2D eigenvalue weighted by atomic mass is 19.1. The number of aromatic hydroxyl groups is 1. The molecule has 182 valence electrons. The number of nitrogens with one attached hydrogen (secondary N) is 1. The van der Waals surface area contributed by atoms with Crippen LogP contribution in [0.4, 0.5) is 9.18 Å². The van der Waals surface area contributed by atoms with E-state index >= 15 is 0 Å². The van der Waals surface area contributed by atoms with Crippen molar-refractivity contribution in [1.29, 1.82) is 0 Å². The Labute approximate surface area is 196 Å². The van der Waals surface area contributed by atoms with Gasteiger partial charge in [0.15, 0.2) is 5.69 Å². The summed E-state index contributed by atoms with van der Waals surface area (Å²) in [6.45, 7) is 5.70. The number of aromatic nitrogens is 2. The first-order valence-corrected chi connectivity index (χ1v) is 11.3. The molecule has 0 saturated heterocycles. The van der Waals surface area contributed by atoms with Gasteiger partial charge in [-0.2, -0.15) is 0 Å². The number of nitrogens with zero attached hydrogens (tertiary/aromatic N) is 3. The maximum absolute atomic E-state index is 13.2. The molecule has 3 N–H and O–H groups in total. The quantitative estimate of drug-likeness (QED) is 0.628. The summed E-state index contributed by atoms with van der Waals surface area (Å²) in [6, 6.07) is 5.55. The van der Waals surface area contributed by atoms with Crippen molar-refractivity contribution in [3.8, 4) is 5.75 Å². The largest absolute Gasteiger partial charge is 0.501 e. The molecule has 2 amide bonds. The lowest BCUT2D eigenvalue weighted by atomic mass is 9.75. The lowest BCUT2D eigenvalue weighted by Crippen LogP contribution is -2.59. The molecule has 3 aliphatic rings. The monoisotopic (exact) mass is 472 g/mol. The van der Waals surface area contributed by atoms with Crippen molar-refractivity contribution >= 4 is 12.0 Å². The van der Waals surface area contributed by atoms with Crippen LogP contribution in [0.25, 0.3) is 0 Å². The molecule has 0 radical (unpaired) electrons. The Morgan fingerprint density at radius 1 is 1.24 bits per heavy atom. The molecule has 5 rings (SSSR count). The molecule has 2 aliphatic heterocycles. The summed E-state index contributed by atoms with van der Waals surface area (Å²) in [6.07, 6.45) is 1.21. The molecule has 1 aromatic carbocycles. The predicted octanol–water partition coefficient (Wildman–Crippen LogP) is 3.20. The van der Waals surface area contributed by atoms with E-state index in [-0.39, 0.29) is 18.3 Å². The maximum atomic E-state index is 13.2. The van der Waals surface area contributed by atoms with Gasteiger partial charge >= 0.3 is 6.09 Å². The fraction of sp³-hybridized carbons (Fsp3) is 0.500. The first-order chi connectivity index (χ1) is 15.9. The molecule has 3 heterocycles.